The summed E-state index contributed by atoms with van der Waals surface area (Å²) in [6.45, 7) is 3.46. The fraction of sp³-hybridized carbons (Fsp3) is 0.583. The second-order valence-electron chi connectivity index (χ2n) is 4.51. The zero-order chi connectivity index (χ0) is 13.8. The number of thioether (sulfide) groups is 1. The summed E-state index contributed by atoms with van der Waals surface area (Å²) < 4.78 is 7.34. The Labute approximate surface area is 114 Å². The normalized spacial score (nSPS) is 22.6. The number of carboxylic acid groups (broad SMARTS) is 1. The molecule has 0 amide bonds. The summed E-state index contributed by atoms with van der Waals surface area (Å²) in [7, 11) is 0. The van der Waals surface area contributed by atoms with E-state index in [4.69, 9.17) is 9.84 Å². The molecule has 19 heavy (non-hydrogen) atoms. The van der Waals surface area contributed by atoms with Gasteiger partial charge in [0.25, 0.3) is 5.56 Å². The Morgan fingerprint density at radius 1 is 1.68 bits per heavy atom. The van der Waals surface area contributed by atoms with Gasteiger partial charge in [0.2, 0.25) is 0 Å². The fourth-order valence-electron chi connectivity index (χ4n) is 2.06. The van der Waals surface area contributed by atoms with Crippen LogP contribution in [0.15, 0.2) is 22.2 Å². The van der Waals surface area contributed by atoms with Crippen molar-refractivity contribution in [3.05, 3.63) is 22.6 Å². The lowest BCUT2D eigenvalue weighted by Crippen LogP contribution is -2.22. The molecular formula is C12H16N2O4S. The van der Waals surface area contributed by atoms with E-state index in [0.29, 0.717) is 17.6 Å². The van der Waals surface area contributed by atoms with E-state index in [9.17, 15) is 9.59 Å². The highest BCUT2D eigenvalue weighted by molar-refractivity contribution is 7.99. The molecular weight excluding hydrogens is 268 g/mol. The molecule has 0 radical (unpaired) electrons. The lowest BCUT2D eigenvalue weighted by Gasteiger charge is -2.18. The molecule has 2 rings (SSSR count). The average molecular weight is 284 g/mol. The number of aromatic nitrogens is 2. The van der Waals surface area contributed by atoms with E-state index in [-0.39, 0.29) is 17.4 Å². The van der Waals surface area contributed by atoms with E-state index in [1.54, 1.807) is 6.20 Å². The Hall–Kier alpha value is -1.34. The van der Waals surface area contributed by atoms with Crippen LogP contribution in [-0.4, -0.2) is 39.1 Å². The molecule has 1 fully saturated rings. The highest BCUT2D eigenvalue weighted by Crippen LogP contribution is 2.24. The van der Waals surface area contributed by atoms with Crippen molar-refractivity contribution in [3.63, 3.8) is 0 Å². The zero-order valence-electron chi connectivity index (χ0n) is 10.6. The van der Waals surface area contributed by atoms with Crippen LogP contribution in [0.4, 0.5) is 0 Å². The number of nitrogens with zero attached hydrogens (tertiary/aromatic N) is 2. The molecule has 0 bridgehead atoms. The van der Waals surface area contributed by atoms with Crippen molar-refractivity contribution in [2.75, 3.05) is 12.4 Å². The van der Waals surface area contributed by atoms with Crippen molar-refractivity contribution in [2.24, 2.45) is 5.92 Å². The van der Waals surface area contributed by atoms with Gasteiger partial charge in [-0.3, -0.25) is 9.59 Å². The molecule has 2 atom stereocenters. The van der Waals surface area contributed by atoms with E-state index in [1.807, 2.05) is 11.5 Å². The Bertz CT molecular complexity index is 517. The number of aliphatic carboxylic acids is 1. The van der Waals surface area contributed by atoms with Crippen molar-refractivity contribution in [1.82, 2.24) is 9.55 Å². The first kappa shape index (κ1) is 14.1. The predicted molar refractivity (Wildman–Crippen MR) is 70.4 cm³/mol. The molecule has 0 saturated carbocycles. The Morgan fingerprint density at radius 2 is 2.47 bits per heavy atom. The van der Waals surface area contributed by atoms with Crippen LogP contribution >= 0.6 is 11.8 Å². The van der Waals surface area contributed by atoms with Crippen LogP contribution < -0.4 is 5.56 Å². The molecule has 1 aliphatic heterocycles. The lowest BCUT2D eigenvalue weighted by molar-refractivity contribution is -0.133. The van der Waals surface area contributed by atoms with Crippen molar-refractivity contribution in [3.8, 4) is 0 Å². The molecule has 6 nitrogen and oxygen atoms in total. The number of carboxylic acids is 1. The van der Waals surface area contributed by atoms with Gasteiger partial charge in [0.15, 0.2) is 5.16 Å². The van der Waals surface area contributed by atoms with Crippen molar-refractivity contribution in [1.29, 1.82) is 0 Å². The molecule has 0 aromatic carbocycles. The fourth-order valence-corrected chi connectivity index (χ4v) is 2.77. The second kappa shape index (κ2) is 6.21. The molecule has 2 unspecified atom stereocenters. The summed E-state index contributed by atoms with van der Waals surface area (Å²) in [5.74, 6) is -0.659. The topological polar surface area (TPSA) is 81.4 Å². The third-order valence-electron chi connectivity index (χ3n) is 3.14. The van der Waals surface area contributed by atoms with Gasteiger partial charge < -0.3 is 14.4 Å². The standard InChI is InChI=1S/C12H16N2O4S/c1-8-9(3-5-18-8)6-14-4-2-10(15)13-12(14)19-7-11(16)17/h2,4,8-9H,3,5-7H2,1H3,(H,16,17). The third kappa shape index (κ3) is 3.81. The summed E-state index contributed by atoms with van der Waals surface area (Å²) >= 11 is 1.07. The maximum Gasteiger partial charge on any atom is 0.313 e. The van der Waals surface area contributed by atoms with Crippen LogP contribution in [-0.2, 0) is 16.1 Å². The van der Waals surface area contributed by atoms with Crippen LogP contribution in [0.25, 0.3) is 0 Å². The van der Waals surface area contributed by atoms with Gasteiger partial charge in [0.05, 0.1) is 11.9 Å². The smallest absolute Gasteiger partial charge is 0.313 e. The molecule has 0 aliphatic carbocycles. The van der Waals surface area contributed by atoms with Gasteiger partial charge >= 0.3 is 5.97 Å². The Balaban J connectivity index is 2.14. The summed E-state index contributed by atoms with van der Waals surface area (Å²) in [4.78, 5) is 25.8. The van der Waals surface area contributed by atoms with E-state index >= 15 is 0 Å². The monoisotopic (exact) mass is 284 g/mol. The first-order valence-corrected chi connectivity index (χ1v) is 7.08. The maximum absolute atomic E-state index is 11.3. The molecule has 2 heterocycles. The van der Waals surface area contributed by atoms with Crippen LogP contribution in [0.3, 0.4) is 0 Å². The van der Waals surface area contributed by atoms with Gasteiger partial charge in [0.1, 0.15) is 0 Å². The Kier molecular flexibility index (Phi) is 4.60. The van der Waals surface area contributed by atoms with Gasteiger partial charge in [-0.25, -0.2) is 0 Å². The van der Waals surface area contributed by atoms with Crippen LogP contribution in [0.5, 0.6) is 0 Å². The van der Waals surface area contributed by atoms with Gasteiger partial charge in [-0.15, -0.1) is 0 Å². The van der Waals surface area contributed by atoms with E-state index < -0.39 is 5.97 Å². The van der Waals surface area contributed by atoms with E-state index in [2.05, 4.69) is 4.98 Å². The number of hydrogen-bond acceptors (Lipinski definition) is 5. The average Bonchev–Trinajstić information content (AvgIpc) is 2.75. The lowest BCUT2D eigenvalue weighted by atomic mass is 10.0. The van der Waals surface area contributed by atoms with Crippen molar-refractivity contribution in [2.45, 2.75) is 31.1 Å². The molecule has 1 aromatic rings. The summed E-state index contributed by atoms with van der Waals surface area (Å²) in [5.41, 5.74) is -0.347. The first-order chi connectivity index (χ1) is 9.06. The molecule has 7 heteroatoms. The van der Waals surface area contributed by atoms with Crippen LogP contribution in [0.1, 0.15) is 13.3 Å². The minimum Gasteiger partial charge on any atom is -0.481 e. The van der Waals surface area contributed by atoms with Gasteiger partial charge in [0, 0.05) is 31.3 Å². The Morgan fingerprint density at radius 3 is 3.11 bits per heavy atom. The highest BCUT2D eigenvalue weighted by atomic mass is 32.2. The predicted octanol–water partition coefficient (Wildman–Crippen LogP) is 0.845. The summed E-state index contributed by atoms with van der Waals surface area (Å²) in [6.07, 6.45) is 2.82. The molecule has 104 valence electrons. The van der Waals surface area contributed by atoms with Crippen molar-refractivity contribution < 1.29 is 14.6 Å². The van der Waals surface area contributed by atoms with E-state index in [0.717, 1.165) is 24.8 Å². The van der Waals surface area contributed by atoms with Gasteiger partial charge in [-0.1, -0.05) is 11.8 Å². The van der Waals surface area contributed by atoms with Crippen LogP contribution in [0.2, 0.25) is 0 Å². The molecule has 1 aromatic heterocycles. The molecule has 1 saturated heterocycles. The van der Waals surface area contributed by atoms with Gasteiger partial charge in [-0.2, -0.15) is 4.98 Å². The second-order valence-corrected chi connectivity index (χ2v) is 5.45. The minimum absolute atomic E-state index is 0.104. The number of rotatable bonds is 5. The number of ether oxygens (including phenoxy) is 1. The van der Waals surface area contributed by atoms with Crippen LogP contribution in [0, 0.1) is 5.92 Å². The molecule has 1 N–H and O–H groups in total. The minimum atomic E-state index is -0.924. The molecule has 0 spiro atoms. The quantitative estimate of drug-likeness (QED) is 0.637. The summed E-state index contributed by atoms with van der Waals surface area (Å²) in [5, 5.41) is 9.16. The number of hydrogen-bond donors (Lipinski definition) is 1. The first-order valence-electron chi connectivity index (χ1n) is 6.10. The maximum atomic E-state index is 11.3. The SMILES string of the molecule is CC1OCCC1Cn1ccc(=O)nc1SCC(=O)O. The third-order valence-corrected chi connectivity index (χ3v) is 4.11. The highest BCUT2D eigenvalue weighted by Gasteiger charge is 2.25. The largest absolute Gasteiger partial charge is 0.481 e. The van der Waals surface area contributed by atoms with Gasteiger partial charge in [-0.05, 0) is 13.3 Å². The number of carbonyl (C=O) groups is 1. The summed E-state index contributed by atoms with van der Waals surface area (Å²) in [6, 6.07) is 1.39. The zero-order valence-corrected chi connectivity index (χ0v) is 11.4. The molecule has 1 aliphatic rings. The van der Waals surface area contributed by atoms with E-state index in [1.165, 1.54) is 6.07 Å². The van der Waals surface area contributed by atoms with Crippen molar-refractivity contribution >= 4 is 17.7 Å².